The Morgan fingerprint density at radius 3 is 3.09 bits per heavy atom. The molecule has 1 aromatic heterocycles. The summed E-state index contributed by atoms with van der Waals surface area (Å²) in [5, 5.41) is 3.26. The molecule has 1 N–H and O–H groups in total. The second kappa shape index (κ2) is 5.88. The van der Waals surface area contributed by atoms with E-state index in [-0.39, 0.29) is 30.7 Å². The van der Waals surface area contributed by atoms with E-state index in [2.05, 4.69) is 10.3 Å². The number of rotatable bonds is 3. The number of nitrogens with zero attached hydrogens (tertiary/aromatic N) is 3. The zero-order chi connectivity index (χ0) is 15.7. The van der Waals surface area contributed by atoms with E-state index < -0.39 is 0 Å². The molecule has 116 valence electrons. The minimum Gasteiger partial charge on any atom is -0.353 e. The zero-order valence-electron chi connectivity index (χ0n) is 12.0. The van der Waals surface area contributed by atoms with Crippen molar-refractivity contribution in [1.29, 1.82) is 0 Å². The molecule has 3 rings (SSSR count). The number of carbonyl (C=O) groups excluding carboxylic acids is 2. The van der Waals surface area contributed by atoms with Gasteiger partial charge in [-0.05, 0) is 12.1 Å². The first-order valence-corrected chi connectivity index (χ1v) is 7.67. The molecule has 22 heavy (non-hydrogen) atoms. The maximum atomic E-state index is 13.7. The van der Waals surface area contributed by atoms with Gasteiger partial charge in [0.1, 0.15) is 11.3 Å². The third-order valence-electron chi connectivity index (χ3n) is 3.45. The number of aromatic nitrogens is 1. The Kier molecular flexibility index (Phi) is 3.93. The first kappa shape index (κ1) is 14.7. The number of benzene rings is 1. The number of halogens is 1. The van der Waals surface area contributed by atoms with Gasteiger partial charge in [0, 0.05) is 20.1 Å². The fourth-order valence-corrected chi connectivity index (χ4v) is 3.23. The standard InChI is InChI=1S/C14H15FN4O2S/c1-18(8-12(21)19-6-5-16-11(20)7-19)14-17-13-9(15)3-2-4-10(13)22-14/h2-4H,5-8H2,1H3,(H,16,20). The Bertz CT molecular complexity index is 733. The number of hydrogen-bond donors (Lipinski definition) is 1. The number of carbonyl (C=O) groups is 2. The highest BCUT2D eigenvalue weighted by atomic mass is 32.1. The maximum absolute atomic E-state index is 13.7. The topological polar surface area (TPSA) is 65.5 Å². The van der Waals surface area contributed by atoms with Gasteiger partial charge in [0.25, 0.3) is 0 Å². The largest absolute Gasteiger partial charge is 0.353 e. The third kappa shape index (κ3) is 2.87. The Morgan fingerprint density at radius 1 is 1.55 bits per heavy atom. The van der Waals surface area contributed by atoms with Crippen LogP contribution in [0.4, 0.5) is 9.52 Å². The van der Waals surface area contributed by atoms with Crippen molar-refractivity contribution in [2.45, 2.75) is 0 Å². The molecule has 0 spiro atoms. The van der Waals surface area contributed by atoms with E-state index in [9.17, 15) is 14.0 Å². The molecule has 1 aromatic carbocycles. The van der Waals surface area contributed by atoms with Crippen molar-refractivity contribution >= 4 is 38.5 Å². The van der Waals surface area contributed by atoms with E-state index in [0.29, 0.717) is 23.7 Å². The second-order valence-corrected chi connectivity index (χ2v) is 6.11. The van der Waals surface area contributed by atoms with Crippen molar-refractivity contribution in [3.63, 3.8) is 0 Å². The highest BCUT2D eigenvalue weighted by molar-refractivity contribution is 7.22. The molecule has 2 aromatic rings. The number of anilines is 1. The van der Waals surface area contributed by atoms with Crippen molar-refractivity contribution in [2.75, 3.05) is 38.1 Å². The summed E-state index contributed by atoms with van der Waals surface area (Å²) in [7, 11) is 1.73. The molecule has 1 aliphatic rings. The van der Waals surface area contributed by atoms with Gasteiger partial charge in [0.2, 0.25) is 11.8 Å². The summed E-state index contributed by atoms with van der Waals surface area (Å²) in [4.78, 5) is 31.0. The SMILES string of the molecule is CN(CC(=O)N1CCNC(=O)C1)c1nc2c(F)cccc2s1. The van der Waals surface area contributed by atoms with Gasteiger partial charge >= 0.3 is 0 Å². The van der Waals surface area contributed by atoms with Crippen molar-refractivity contribution in [2.24, 2.45) is 0 Å². The van der Waals surface area contributed by atoms with Crippen molar-refractivity contribution in [3.05, 3.63) is 24.0 Å². The van der Waals surface area contributed by atoms with Gasteiger partial charge < -0.3 is 15.1 Å². The van der Waals surface area contributed by atoms with Crippen LogP contribution in [-0.2, 0) is 9.59 Å². The molecule has 0 unspecified atom stereocenters. The van der Waals surface area contributed by atoms with Gasteiger partial charge in [-0.1, -0.05) is 17.4 Å². The van der Waals surface area contributed by atoms with Gasteiger partial charge in [-0.3, -0.25) is 9.59 Å². The van der Waals surface area contributed by atoms with Crippen LogP contribution in [0.1, 0.15) is 0 Å². The van der Waals surface area contributed by atoms with E-state index in [4.69, 9.17) is 0 Å². The zero-order valence-corrected chi connectivity index (χ0v) is 12.8. The number of para-hydroxylation sites is 1. The molecule has 1 saturated heterocycles. The Labute approximate surface area is 130 Å². The summed E-state index contributed by atoms with van der Waals surface area (Å²) in [5.41, 5.74) is 0.319. The lowest BCUT2D eigenvalue weighted by atomic mass is 10.3. The highest BCUT2D eigenvalue weighted by Gasteiger charge is 2.23. The summed E-state index contributed by atoms with van der Waals surface area (Å²) >= 11 is 1.33. The van der Waals surface area contributed by atoms with E-state index in [1.165, 1.54) is 22.3 Å². The number of hydrogen-bond acceptors (Lipinski definition) is 5. The first-order valence-electron chi connectivity index (χ1n) is 6.85. The summed E-state index contributed by atoms with van der Waals surface area (Å²) < 4.78 is 14.4. The summed E-state index contributed by atoms with van der Waals surface area (Å²) in [6.07, 6.45) is 0. The first-order chi connectivity index (χ1) is 10.5. The van der Waals surface area contributed by atoms with Crippen LogP contribution >= 0.6 is 11.3 Å². The molecule has 0 aliphatic carbocycles. The normalized spacial score (nSPS) is 15.0. The average molecular weight is 322 g/mol. The highest BCUT2D eigenvalue weighted by Crippen LogP contribution is 2.29. The molecule has 0 atom stereocenters. The van der Waals surface area contributed by atoms with E-state index in [1.807, 2.05) is 0 Å². The molecule has 2 heterocycles. The van der Waals surface area contributed by atoms with Crippen LogP contribution in [0.15, 0.2) is 18.2 Å². The van der Waals surface area contributed by atoms with Crippen LogP contribution < -0.4 is 10.2 Å². The van der Waals surface area contributed by atoms with Crippen LogP contribution in [-0.4, -0.2) is 54.9 Å². The number of likely N-dealkylation sites (N-methyl/N-ethyl adjacent to an activating group) is 1. The molecule has 0 bridgehead atoms. The van der Waals surface area contributed by atoms with Gasteiger partial charge in [-0.2, -0.15) is 0 Å². The third-order valence-corrected chi connectivity index (χ3v) is 4.58. The lowest BCUT2D eigenvalue weighted by Crippen LogP contribution is -2.52. The molecule has 6 nitrogen and oxygen atoms in total. The van der Waals surface area contributed by atoms with E-state index >= 15 is 0 Å². The summed E-state index contributed by atoms with van der Waals surface area (Å²) in [6.45, 7) is 1.17. The van der Waals surface area contributed by atoms with Crippen LogP contribution in [0, 0.1) is 5.82 Å². The quantitative estimate of drug-likeness (QED) is 0.909. The number of nitrogens with one attached hydrogen (secondary N) is 1. The lowest BCUT2D eigenvalue weighted by molar-refractivity contribution is -0.137. The van der Waals surface area contributed by atoms with Crippen molar-refractivity contribution in [1.82, 2.24) is 15.2 Å². The second-order valence-electron chi connectivity index (χ2n) is 5.10. The van der Waals surface area contributed by atoms with Crippen molar-refractivity contribution in [3.8, 4) is 0 Å². The Balaban J connectivity index is 1.72. The number of thiazole rings is 1. The Morgan fingerprint density at radius 2 is 2.36 bits per heavy atom. The summed E-state index contributed by atoms with van der Waals surface area (Å²) in [6, 6.07) is 4.80. The number of amides is 2. The van der Waals surface area contributed by atoms with Crippen LogP contribution in [0.5, 0.6) is 0 Å². The van der Waals surface area contributed by atoms with Crippen LogP contribution in [0.3, 0.4) is 0 Å². The number of fused-ring (bicyclic) bond motifs is 1. The molecule has 8 heteroatoms. The molecule has 0 saturated carbocycles. The van der Waals surface area contributed by atoms with Gasteiger partial charge in [-0.15, -0.1) is 0 Å². The van der Waals surface area contributed by atoms with Gasteiger partial charge in [-0.25, -0.2) is 9.37 Å². The molecule has 0 radical (unpaired) electrons. The molecular weight excluding hydrogens is 307 g/mol. The van der Waals surface area contributed by atoms with Gasteiger partial charge in [0.15, 0.2) is 5.13 Å². The molecule has 1 aliphatic heterocycles. The predicted octanol–water partition coefficient (Wildman–Crippen LogP) is 0.830. The lowest BCUT2D eigenvalue weighted by Gasteiger charge is -2.28. The smallest absolute Gasteiger partial charge is 0.242 e. The molecule has 2 amide bonds. The fraction of sp³-hybridized carbons (Fsp3) is 0.357. The molecular formula is C14H15FN4O2S. The van der Waals surface area contributed by atoms with E-state index in [0.717, 1.165) is 4.70 Å². The van der Waals surface area contributed by atoms with E-state index in [1.54, 1.807) is 24.1 Å². The predicted molar refractivity (Wildman–Crippen MR) is 82.4 cm³/mol. The maximum Gasteiger partial charge on any atom is 0.242 e. The average Bonchev–Trinajstić information content (AvgIpc) is 2.93. The van der Waals surface area contributed by atoms with Crippen LogP contribution in [0.2, 0.25) is 0 Å². The minimum absolute atomic E-state index is 0.0845. The Hall–Kier alpha value is -2.22. The number of piperazine rings is 1. The van der Waals surface area contributed by atoms with Gasteiger partial charge in [0.05, 0.1) is 17.8 Å². The minimum atomic E-state index is -0.368. The van der Waals surface area contributed by atoms with Crippen LogP contribution in [0.25, 0.3) is 10.2 Å². The monoisotopic (exact) mass is 322 g/mol. The van der Waals surface area contributed by atoms with Crippen molar-refractivity contribution < 1.29 is 14.0 Å². The fourth-order valence-electron chi connectivity index (χ4n) is 2.29. The molecule has 1 fully saturated rings. The summed E-state index contributed by atoms with van der Waals surface area (Å²) in [5.74, 6) is -0.659.